The van der Waals surface area contributed by atoms with E-state index < -0.39 is 0 Å². The van der Waals surface area contributed by atoms with E-state index in [1.54, 1.807) is 22.2 Å². The molecule has 5 heterocycles. The van der Waals surface area contributed by atoms with E-state index in [1.807, 2.05) is 37.1 Å². The lowest BCUT2D eigenvalue weighted by atomic mass is 9.96. The standard InChI is InChI=1S/C25H28N6OS/c1-16(2)31-6-4-17(5-7-31)25-29-23(15-33-25)24(32)10-21-9-18-8-19(11-27-22(18)13-26-21)20-12-28-30(3)14-20/h8-9,11-17H,4-7,10H2,1-3H3. The molecule has 1 aliphatic rings. The maximum absolute atomic E-state index is 12.9. The molecule has 0 saturated carbocycles. The summed E-state index contributed by atoms with van der Waals surface area (Å²) in [5.74, 6) is 0.475. The van der Waals surface area contributed by atoms with Crippen molar-refractivity contribution in [1.82, 2.24) is 29.6 Å². The minimum absolute atomic E-state index is 0.0142. The van der Waals surface area contributed by atoms with Crippen LogP contribution >= 0.6 is 11.3 Å². The number of ketones is 1. The largest absolute Gasteiger partial charge is 0.301 e. The summed E-state index contributed by atoms with van der Waals surface area (Å²) in [4.78, 5) is 29.2. The van der Waals surface area contributed by atoms with Gasteiger partial charge in [-0.2, -0.15) is 5.10 Å². The molecule has 4 aromatic heterocycles. The molecule has 33 heavy (non-hydrogen) atoms. The molecule has 0 unspecified atom stereocenters. The molecule has 0 aliphatic carbocycles. The Morgan fingerprint density at radius 1 is 1.12 bits per heavy atom. The topological polar surface area (TPSA) is 76.8 Å². The zero-order valence-electron chi connectivity index (χ0n) is 19.2. The summed E-state index contributed by atoms with van der Waals surface area (Å²) in [6.45, 7) is 6.69. The van der Waals surface area contributed by atoms with E-state index in [4.69, 9.17) is 4.98 Å². The number of pyridine rings is 2. The third-order valence-electron chi connectivity index (χ3n) is 6.42. The Hall–Kier alpha value is -2.97. The molecule has 0 atom stereocenters. The molecule has 170 valence electrons. The second-order valence-electron chi connectivity index (χ2n) is 9.07. The fourth-order valence-corrected chi connectivity index (χ4v) is 5.42. The third-order valence-corrected chi connectivity index (χ3v) is 7.43. The Labute approximate surface area is 197 Å². The predicted octanol–water partition coefficient (Wildman–Crippen LogP) is 4.50. The van der Waals surface area contributed by atoms with Gasteiger partial charge in [0.1, 0.15) is 5.69 Å². The number of carbonyl (C=O) groups is 1. The highest BCUT2D eigenvalue weighted by Crippen LogP contribution is 2.31. The molecule has 1 saturated heterocycles. The number of hydrogen-bond donors (Lipinski definition) is 0. The van der Waals surface area contributed by atoms with Crippen molar-refractivity contribution in [2.24, 2.45) is 7.05 Å². The highest BCUT2D eigenvalue weighted by molar-refractivity contribution is 7.09. The fourth-order valence-electron chi connectivity index (χ4n) is 4.42. The number of Topliss-reactive ketones (excluding diaryl/α,β-unsaturated/α-hetero) is 1. The van der Waals surface area contributed by atoms with Crippen LogP contribution in [-0.4, -0.2) is 54.5 Å². The van der Waals surface area contributed by atoms with Crippen LogP contribution in [0.25, 0.3) is 22.0 Å². The smallest absolute Gasteiger partial charge is 0.187 e. The van der Waals surface area contributed by atoms with Crippen LogP contribution in [0.4, 0.5) is 0 Å². The Morgan fingerprint density at radius 2 is 1.94 bits per heavy atom. The summed E-state index contributed by atoms with van der Waals surface area (Å²) in [6, 6.07) is 4.61. The second kappa shape index (κ2) is 9.11. The van der Waals surface area contributed by atoms with Gasteiger partial charge in [0.15, 0.2) is 5.78 Å². The maximum atomic E-state index is 12.9. The number of thiazole rings is 1. The minimum atomic E-state index is 0.0142. The third kappa shape index (κ3) is 4.72. The van der Waals surface area contributed by atoms with E-state index >= 15 is 0 Å². The number of carbonyl (C=O) groups excluding carboxylic acids is 1. The van der Waals surface area contributed by atoms with Crippen molar-refractivity contribution in [1.29, 1.82) is 0 Å². The molecule has 8 heteroatoms. The van der Waals surface area contributed by atoms with Crippen LogP contribution in [0.3, 0.4) is 0 Å². The first-order chi connectivity index (χ1) is 16.0. The number of piperidine rings is 1. The minimum Gasteiger partial charge on any atom is -0.301 e. The quantitative estimate of drug-likeness (QED) is 0.394. The van der Waals surface area contributed by atoms with E-state index in [2.05, 4.69) is 39.9 Å². The maximum Gasteiger partial charge on any atom is 0.187 e. The molecule has 1 fully saturated rings. The molecule has 5 rings (SSSR count). The van der Waals surface area contributed by atoms with Crippen molar-refractivity contribution in [2.45, 2.75) is 45.1 Å². The summed E-state index contributed by atoms with van der Waals surface area (Å²) in [5, 5.41) is 8.21. The number of likely N-dealkylation sites (tertiary alicyclic amines) is 1. The van der Waals surface area contributed by atoms with Gasteiger partial charge < -0.3 is 4.90 Å². The summed E-state index contributed by atoms with van der Waals surface area (Å²) in [5.41, 5.74) is 4.10. The summed E-state index contributed by atoms with van der Waals surface area (Å²) in [6.07, 6.45) is 9.80. The van der Waals surface area contributed by atoms with Crippen LogP contribution in [0, 0.1) is 0 Å². The van der Waals surface area contributed by atoms with E-state index in [0.29, 0.717) is 17.7 Å². The fraction of sp³-hybridized carbons (Fsp3) is 0.400. The molecule has 0 aromatic carbocycles. The zero-order valence-corrected chi connectivity index (χ0v) is 20.0. The lowest BCUT2D eigenvalue weighted by Gasteiger charge is -2.33. The second-order valence-corrected chi connectivity index (χ2v) is 9.96. The predicted molar refractivity (Wildman–Crippen MR) is 131 cm³/mol. The van der Waals surface area contributed by atoms with Gasteiger partial charge in [0.25, 0.3) is 0 Å². The first-order valence-corrected chi connectivity index (χ1v) is 12.3. The van der Waals surface area contributed by atoms with Gasteiger partial charge in [-0.25, -0.2) is 4.98 Å². The monoisotopic (exact) mass is 460 g/mol. The summed E-state index contributed by atoms with van der Waals surface area (Å²) >= 11 is 1.62. The van der Waals surface area contributed by atoms with Crippen molar-refractivity contribution >= 4 is 28.0 Å². The Kier molecular flexibility index (Phi) is 6.03. The van der Waals surface area contributed by atoms with Crippen LogP contribution in [0.15, 0.2) is 42.3 Å². The molecular formula is C25H28N6OS. The number of fused-ring (bicyclic) bond motifs is 1. The van der Waals surface area contributed by atoms with E-state index in [9.17, 15) is 4.79 Å². The summed E-state index contributed by atoms with van der Waals surface area (Å²) < 4.78 is 1.77. The van der Waals surface area contributed by atoms with E-state index in [-0.39, 0.29) is 12.2 Å². The lowest BCUT2D eigenvalue weighted by molar-refractivity contribution is 0.0987. The van der Waals surface area contributed by atoms with Gasteiger partial charge >= 0.3 is 0 Å². The highest BCUT2D eigenvalue weighted by Gasteiger charge is 2.25. The molecular weight excluding hydrogens is 432 g/mol. The average molecular weight is 461 g/mol. The molecule has 7 nitrogen and oxygen atoms in total. The van der Waals surface area contributed by atoms with Crippen LogP contribution in [0.1, 0.15) is 53.8 Å². The van der Waals surface area contributed by atoms with Crippen LogP contribution < -0.4 is 0 Å². The molecule has 0 spiro atoms. The number of aryl methyl sites for hydroxylation is 1. The normalized spacial score (nSPS) is 15.5. The zero-order chi connectivity index (χ0) is 22.9. The number of rotatable bonds is 6. The lowest BCUT2D eigenvalue weighted by Crippen LogP contribution is -2.37. The molecule has 0 amide bonds. The van der Waals surface area contributed by atoms with Crippen LogP contribution in [-0.2, 0) is 13.5 Å². The van der Waals surface area contributed by atoms with Crippen LogP contribution in [0.5, 0.6) is 0 Å². The molecule has 1 aliphatic heterocycles. The highest BCUT2D eigenvalue weighted by atomic mass is 32.1. The molecule has 0 bridgehead atoms. The molecule has 4 aromatic rings. The van der Waals surface area contributed by atoms with Crippen molar-refractivity contribution in [3.8, 4) is 11.1 Å². The number of nitrogens with zero attached hydrogens (tertiary/aromatic N) is 6. The Morgan fingerprint density at radius 3 is 2.67 bits per heavy atom. The first-order valence-electron chi connectivity index (χ1n) is 11.4. The van der Waals surface area contributed by atoms with Gasteiger partial charge in [-0.15, -0.1) is 11.3 Å². The molecule has 0 N–H and O–H groups in total. The summed E-state index contributed by atoms with van der Waals surface area (Å²) in [7, 11) is 1.89. The van der Waals surface area contributed by atoms with Crippen molar-refractivity contribution in [2.75, 3.05) is 13.1 Å². The van der Waals surface area contributed by atoms with E-state index in [0.717, 1.165) is 58.7 Å². The van der Waals surface area contributed by atoms with Crippen molar-refractivity contribution < 1.29 is 4.79 Å². The van der Waals surface area contributed by atoms with Crippen LogP contribution in [0.2, 0.25) is 0 Å². The van der Waals surface area contributed by atoms with Gasteiger partial charge in [0, 0.05) is 59.0 Å². The first kappa shape index (κ1) is 21.9. The van der Waals surface area contributed by atoms with Crippen molar-refractivity contribution in [3.63, 3.8) is 0 Å². The number of aromatic nitrogens is 5. The number of hydrogen-bond acceptors (Lipinski definition) is 7. The Bertz CT molecular complexity index is 1290. The Balaban J connectivity index is 1.29. The average Bonchev–Trinajstić information content (AvgIpc) is 3.48. The SMILES string of the molecule is CC(C)N1CCC(c2nc(C(=O)Cc3cc4cc(-c5cnn(C)c5)cnc4cn3)cs2)CC1. The van der Waals surface area contributed by atoms with Gasteiger partial charge in [0.05, 0.1) is 29.3 Å². The van der Waals surface area contributed by atoms with Gasteiger partial charge in [-0.1, -0.05) is 0 Å². The van der Waals surface area contributed by atoms with Gasteiger partial charge in [-0.3, -0.25) is 19.4 Å². The molecule has 0 radical (unpaired) electrons. The van der Waals surface area contributed by atoms with Gasteiger partial charge in [-0.05, 0) is 51.9 Å². The van der Waals surface area contributed by atoms with Gasteiger partial charge in [0.2, 0.25) is 0 Å². The van der Waals surface area contributed by atoms with E-state index in [1.165, 1.54) is 0 Å². The van der Waals surface area contributed by atoms with Crippen molar-refractivity contribution in [3.05, 3.63) is 58.7 Å².